The van der Waals surface area contributed by atoms with Crippen LogP contribution in [0.2, 0.25) is 0 Å². The lowest BCUT2D eigenvalue weighted by Gasteiger charge is -2.26. The summed E-state index contributed by atoms with van der Waals surface area (Å²) in [5.41, 5.74) is 1.89. The molecule has 0 bridgehead atoms. The summed E-state index contributed by atoms with van der Waals surface area (Å²) >= 11 is 3.05. The van der Waals surface area contributed by atoms with Gasteiger partial charge in [-0.05, 0) is 101 Å². The van der Waals surface area contributed by atoms with Crippen molar-refractivity contribution in [1.82, 2.24) is 29.3 Å². The maximum Gasteiger partial charge on any atom is 0.245 e. The first-order chi connectivity index (χ1) is 19.2. The third-order valence-electron chi connectivity index (χ3n) is 7.92. The molecule has 2 fully saturated rings. The zero-order valence-electron chi connectivity index (χ0n) is 24.9. The van der Waals surface area contributed by atoms with Gasteiger partial charge in [-0.2, -0.15) is 14.3 Å². The van der Waals surface area contributed by atoms with Crippen LogP contribution < -0.4 is 9.47 Å². The Morgan fingerprint density at radius 3 is 1.77 bits per heavy atom. The summed E-state index contributed by atoms with van der Waals surface area (Å²) in [6.45, 7) is 14.8. The third-order valence-corrected chi connectivity index (χ3v) is 9.54. The Morgan fingerprint density at radius 2 is 1.20 bits per heavy atom. The van der Waals surface area contributed by atoms with Crippen LogP contribution in [0.5, 0.6) is 11.8 Å². The van der Waals surface area contributed by atoms with Crippen LogP contribution >= 0.6 is 22.9 Å². The molecule has 0 radical (unpaired) electrons. The topological polar surface area (TPSA) is 95.8 Å². The monoisotopic (exact) mass is 582 g/mol. The van der Waals surface area contributed by atoms with Crippen molar-refractivity contribution in [3.8, 4) is 11.8 Å². The molecule has 2 saturated carbocycles. The zero-order valence-corrected chi connectivity index (χ0v) is 26.5. The molecule has 6 rings (SSSR count). The highest BCUT2D eigenvalue weighted by Gasteiger charge is 2.24. The lowest BCUT2D eigenvalue weighted by atomic mass is 9.89. The average molecular weight is 583 g/mol. The quantitative estimate of drug-likeness (QED) is 0.233. The van der Waals surface area contributed by atoms with Gasteiger partial charge in [0, 0.05) is 0 Å². The highest BCUT2D eigenvalue weighted by molar-refractivity contribution is 7.18. The van der Waals surface area contributed by atoms with Crippen LogP contribution in [0.3, 0.4) is 0 Å². The fourth-order valence-corrected chi connectivity index (χ4v) is 7.29. The van der Waals surface area contributed by atoms with Crippen molar-refractivity contribution in [1.29, 1.82) is 0 Å². The summed E-state index contributed by atoms with van der Waals surface area (Å²) in [6, 6.07) is 0. The fraction of sp³-hybridized carbons (Fsp3) is 0.667. The Morgan fingerprint density at radius 1 is 0.675 bits per heavy atom. The molecule has 0 N–H and O–H groups in total. The normalized spacial score (nSPS) is 23.3. The minimum Gasteiger partial charge on any atom is -0.474 e. The van der Waals surface area contributed by atoms with Crippen LogP contribution in [0, 0.1) is 32.6 Å². The van der Waals surface area contributed by atoms with Gasteiger partial charge < -0.3 is 9.47 Å². The Balaban J connectivity index is 0.000000162. The van der Waals surface area contributed by atoms with Gasteiger partial charge in [-0.25, -0.2) is 15.0 Å². The van der Waals surface area contributed by atoms with E-state index >= 15 is 0 Å². The van der Waals surface area contributed by atoms with Crippen molar-refractivity contribution in [2.75, 3.05) is 0 Å². The summed E-state index contributed by atoms with van der Waals surface area (Å²) in [7, 11) is 0. The highest BCUT2D eigenvalue weighted by Crippen LogP contribution is 2.36. The van der Waals surface area contributed by atoms with Crippen LogP contribution in [0.4, 0.5) is 0 Å². The number of hydrogen-bond acceptors (Lipinski definition) is 10. The molecule has 0 atom stereocenters. The number of thiazole rings is 1. The molecule has 8 nitrogen and oxygen atoms in total. The Labute approximate surface area is 245 Å². The first kappa shape index (κ1) is 29.0. The van der Waals surface area contributed by atoms with Crippen molar-refractivity contribution in [2.45, 2.75) is 118 Å². The third kappa shape index (κ3) is 6.87. The molecule has 216 valence electrons. The lowest BCUT2D eigenvalue weighted by molar-refractivity contribution is 0.131. The van der Waals surface area contributed by atoms with Crippen molar-refractivity contribution in [2.24, 2.45) is 11.8 Å². The zero-order chi connectivity index (χ0) is 28.4. The molecule has 2 aliphatic carbocycles. The Kier molecular flexibility index (Phi) is 9.14. The minimum absolute atomic E-state index is 0.288. The van der Waals surface area contributed by atoms with Crippen molar-refractivity contribution in [3.05, 3.63) is 22.4 Å². The van der Waals surface area contributed by atoms with Gasteiger partial charge in [0.25, 0.3) is 0 Å². The average Bonchev–Trinajstić information content (AvgIpc) is 3.50. The van der Waals surface area contributed by atoms with Gasteiger partial charge in [0.15, 0.2) is 15.2 Å². The van der Waals surface area contributed by atoms with E-state index in [1.807, 2.05) is 20.8 Å². The number of ether oxygens (including phenoxy) is 2. The first-order valence-electron chi connectivity index (χ1n) is 14.7. The number of nitrogens with zero attached hydrogens (tertiary/aromatic N) is 6. The SMILES string of the molecule is Cc1nc(OC2CCC(C)CC2)c2c(C(C)C)nsc2n1.Cc1nc(OC2CCC(C)CC2)c2nc(C)sc2n1. The number of hydrogen-bond donors (Lipinski definition) is 0. The maximum absolute atomic E-state index is 6.26. The number of aryl methyl sites for hydroxylation is 3. The van der Waals surface area contributed by atoms with Crippen LogP contribution in [0.15, 0.2) is 0 Å². The molecule has 0 aliphatic heterocycles. The first-order valence-corrected chi connectivity index (χ1v) is 16.3. The summed E-state index contributed by atoms with van der Waals surface area (Å²) in [5, 5.41) is 2.04. The van der Waals surface area contributed by atoms with E-state index in [-0.39, 0.29) is 6.10 Å². The summed E-state index contributed by atoms with van der Waals surface area (Å²) < 4.78 is 16.9. The molecule has 2 aliphatic rings. The molecule has 0 spiro atoms. The molecule has 0 unspecified atom stereocenters. The van der Waals surface area contributed by atoms with Gasteiger partial charge in [-0.3, -0.25) is 0 Å². The molecule has 0 amide bonds. The second-order valence-corrected chi connectivity index (χ2v) is 13.9. The molecule has 4 aromatic heterocycles. The number of rotatable bonds is 5. The predicted octanol–water partition coefficient (Wildman–Crippen LogP) is 8.14. The minimum atomic E-state index is 0.288. The molecule has 10 heteroatoms. The molecule has 0 saturated heterocycles. The molecular formula is C30H42N6O2S2. The van der Waals surface area contributed by atoms with Gasteiger partial charge >= 0.3 is 0 Å². The molecule has 4 aromatic rings. The van der Waals surface area contributed by atoms with Crippen LogP contribution in [-0.2, 0) is 0 Å². The standard InChI is InChI=1S/C16H23N3OS.C14H19N3OS/c1-9(2)14-13-15(17-11(4)18-16(13)21-19-14)20-12-7-5-10(3)6-8-12;1-8-4-6-11(7-5-8)18-13-12-14(16-9(2)15-13)19-10(3)17-12/h9-10,12H,5-8H2,1-4H3;8,11H,4-7H2,1-3H3. The lowest BCUT2D eigenvalue weighted by Crippen LogP contribution is -2.23. The van der Waals surface area contributed by atoms with Gasteiger partial charge in [0.2, 0.25) is 11.8 Å². The predicted molar refractivity (Wildman–Crippen MR) is 163 cm³/mol. The number of aromatic nitrogens is 6. The van der Waals surface area contributed by atoms with Crippen LogP contribution in [0.1, 0.15) is 107 Å². The van der Waals surface area contributed by atoms with E-state index in [4.69, 9.17) is 9.47 Å². The number of fused-ring (bicyclic) bond motifs is 2. The Bertz CT molecular complexity index is 1440. The van der Waals surface area contributed by atoms with Gasteiger partial charge in [-0.15, -0.1) is 0 Å². The smallest absolute Gasteiger partial charge is 0.245 e. The molecule has 4 heterocycles. The summed E-state index contributed by atoms with van der Waals surface area (Å²) in [4.78, 5) is 24.3. The van der Waals surface area contributed by atoms with Crippen LogP contribution in [0.25, 0.3) is 20.6 Å². The van der Waals surface area contributed by atoms with Gasteiger partial charge in [0.1, 0.15) is 23.9 Å². The van der Waals surface area contributed by atoms with Crippen molar-refractivity contribution < 1.29 is 9.47 Å². The summed E-state index contributed by atoms with van der Waals surface area (Å²) in [5.74, 6) is 4.95. The fourth-order valence-electron chi connectivity index (χ4n) is 5.52. The van der Waals surface area contributed by atoms with E-state index in [1.165, 1.54) is 37.2 Å². The van der Waals surface area contributed by atoms with E-state index < -0.39 is 0 Å². The van der Waals surface area contributed by atoms with Gasteiger partial charge in [0.05, 0.1) is 16.1 Å². The van der Waals surface area contributed by atoms with Crippen LogP contribution in [-0.4, -0.2) is 41.5 Å². The van der Waals surface area contributed by atoms with Crippen molar-refractivity contribution >= 4 is 43.4 Å². The van der Waals surface area contributed by atoms with Crippen molar-refractivity contribution in [3.63, 3.8) is 0 Å². The van der Waals surface area contributed by atoms with E-state index in [2.05, 4.69) is 57.0 Å². The highest BCUT2D eigenvalue weighted by atomic mass is 32.1. The molecule has 40 heavy (non-hydrogen) atoms. The second-order valence-electron chi connectivity index (χ2n) is 11.9. The summed E-state index contributed by atoms with van der Waals surface area (Å²) in [6.07, 6.45) is 10.1. The van der Waals surface area contributed by atoms with E-state index in [0.29, 0.717) is 17.9 Å². The maximum atomic E-state index is 6.26. The van der Waals surface area contributed by atoms with E-state index in [0.717, 1.165) is 86.3 Å². The second kappa shape index (κ2) is 12.6. The molecular weight excluding hydrogens is 541 g/mol. The Hall–Kier alpha value is -2.46. The van der Waals surface area contributed by atoms with E-state index in [9.17, 15) is 0 Å². The largest absolute Gasteiger partial charge is 0.474 e. The molecule has 0 aromatic carbocycles. The van der Waals surface area contributed by atoms with E-state index in [1.54, 1.807) is 11.3 Å². The van der Waals surface area contributed by atoms with Gasteiger partial charge in [-0.1, -0.05) is 39.0 Å².